The normalized spacial score (nSPS) is 10.7. The molecule has 0 N–H and O–H groups in total. The van der Waals surface area contributed by atoms with E-state index in [1.807, 2.05) is 18.2 Å². The number of anilines is 5. The molecule has 0 unspecified atom stereocenters. The molecule has 6 aromatic rings. The highest BCUT2D eigenvalue weighted by Crippen LogP contribution is 2.37. The third-order valence-corrected chi connectivity index (χ3v) is 7.42. The first-order valence-electron chi connectivity index (χ1n) is 13.8. The maximum atomic E-state index is 5.29. The van der Waals surface area contributed by atoms with E-state index < -0.39 is 0 Å². The molecule has 0 spiro atoms. The van der Waals surface area contributed by atoms with Crippen LogP contribution in [0.4, 0.5) is 28.4 Å². The summed E-state index contributed by atoms with van der Waals surface area (Å²) in [4.78, 5) is 4.47. The van der Waals surface area contributed by atoms with Crippen molar-refractivity contribution < 1.29 is 4.74 Å². The maximum Gasteiger partial charge on any atom is 0.119 e. The molecule has 0 saturated heterocycles. The van der Waals surface area contributed by atoms with Crippen LogP contribution in [-0.2, 0) is 0 Å². The van der Waals surface area contributed by atoms with Crippen molar-refractivity contribution in [1.82, 2.24) is 0 Å². The fraction of sp³-hybridized carbons (Fsp3) is 0.0526. The fourth-order valence-electron chi connectivity index (χ4n) is 5.09. The van der Waals surface area contributed by atoms with Gasteiger partial charge in [0.25, 0.3) is 0 Å². The van der Waals surface area contributed by atoms with Crippen molar-refractivity contribution in [2.45, 2.75) is 0 Å². The van der Waals surface area contributed by atoms with Crippen molar-refractivity contribution in [1.29, 1.82) is 0 Å². The molecule has 41 heavy (non-hydrogen) atoms. The molecule has 0 saturated carbocycles. The van der Waals surface area contributed by atoms with Gasteiger partial charge in [-0.25, -0.2) is 0 Å². The first-order chi connectivity index (χ1) is 20.2. The molecule has 0 fully saturated rings. The molecule has 3 nitrogen and oxygen atoms in total. The Morgan fingerprint density at radius 2 is 0.707 bits per heavy atom. The molecule has 3 heteroatoms. The number of rotatable bonds is 8. The molecular weight excluding hydrogens is 500 g/mol. The highest BCUT2D eigenvalue weighted by Gasteiger charge is 2.13. The second-order valence-corrected chi connectivity index (χ2v) is 9.93. The minimum atomic E-state index is 0.857. The van der Waals surface area contributed by atoms with E-state index >= 15 is 0 Å². The van der Waals surface area contributed by atoms with Gasteiger partial charge in [-0.3, -0.25) is 0 Å². The van der Waals surface area contributed by atoms with Crippen LogP contribution in [0.2, 0.25) is 0 Å². The van der Waals surface area contributed by atoms with Crippen LogP contribution in [0.25, 0.3) is 22.3 Å². The number of ether oxygens (including phenoxy) is 1. The van der Waals surface area contributed by atoms with Crippen molar-refractivity contribution in [2.75, 3.05) is 24.0 Å². The van der Waals surface area contributed by atoms with Gasteiger partial charge in [0.2, 0.25) is 0 Å². The summed E-state index contributed by atoms with van der Waals surface area (Å²) < 4.78 is 5.29. The van der Waals surface area contributed by atoms with Gasteiger partial charge < -0.3 is 14.5 Å². The third-order valence-electron chi connectivity index (χ3n) is 7.42. The Labute approximate surface area is 242 Å². The van der Waals surface area contributed by atoms with E-state index in [9.17, 15) is 0 Å². The highest BCUT2D eigenvalue weighted by molar-refractivity contribution is 5.80. The van der Waals surface area contributed by atoms with E-state index in [1.165, 1.54) is 22.3 Å². The van der Waals surface area contributed by atoms with E-state index in [1.54, 1.807) is 7.11 Å². The average Bonchev–Trinajstić information content (AvgIpc) is 3.06. The molecule has 6 rings (SSSR count). The Balaban J connectivity index is 1.25. The molecule has 0 aliphatic rings. The van der Waals surface area contributed by atoms with Gasteiger partial charge in [-0.05, 0) is 95.1 Å². The lowest BCUT2D eigenvalue weighted by Crippen LogP contribution is -2.09. The first kappa shape index (κ1) is 26.0. The van der Waals surface area contributed by atoms with Crippen molar-refractivity contribution in [3.8, 4) is 28.0 Å². The summed E-state index contributed by atoms with van der Waals surface area (Å²) in [6.07, 6.45) is 0. The smallest absolute Gasteiger partial charge is 0.119 e. The summed E-state index contributed by atoms with van der Waals surface area (Å²) >= 11 is 0. The van der Waals surface area contributed by atoms with Gasteiger partial charge in [-0.15, -0.1) is 0 Å². The molecule has 200 valence electrons. The van der Waals surface area contributed by atoms with Crippen LogP contribution in [-0.4, -0.2) is 14.2 Å². The Hall–Kier alpha value is -5.28. The SMILES string of the molecule is COc1ccc(N(C)c2ccc(-c3ccc(N(c4ccccc4)c4ccc(-c5ccccc5)cc4)cc3)cc2)cc1. The minimum absolute atomic E-state index is 0.857. The molecule has 0 bridgehead atoms. The molecular formula is C38H32N2O. The fourth-order valence-corrected chi connectivity index (χ4v) is 5.09. The Bertz CT molecular complexity index is 1680. The zero-order valence-corrected chi connectivity index (χ0v) is 23.3. The summed E-state index contributed by atoms with van der Waals surface area (Å²) in [7, 11) is 3.77. The lowest BCUT2D eigenvalue weighted by molar-refractivity contribution is 0.415. The lowest BCUT2D eigenvalue weighted by Gasteiger charge is -2.26. The maximum absolute atomic E-state index is 5.29. The van der Waals surface area contributed by atoms with Gasteiger partial charge in [0.1, 0.15) is 5.75 Å². The molecule has 0 radical (unpaired) electrons. The quantitative estimate of drug-likeness (QED) is 0.194. The summed E-state index contributed by atoms with van der Waals surface area (Å²) in [6, 6.07) is 55.4. The lowest BCUT2D eigenvalue weighted by atomic mass is 10.0. The molecule has 0 heterocycles. The number of hydrogen-bond donors (Lipinski definition) is 0. The van der Waals surface area contributed by atoms with E-state index in [2.05, 4.69) is 156 Å². The summed E-state index contributed by atoms with van der Waals surface area (Å²) in [5, 5.41) is 0. The van der Waals surface area contributed by atoms with Gasteiger partial charge in [0.05, 0.1) is 7.11 Å². The molecule has 6 aromatic carbocycles. The van der Waals surface area contributed by atoms with Crippen LogP contribution in [0.5, 0.6) is 5.75 Å². The van der Waals surface area contributed by atoms with Crippen molar-refractivity contribution in [3.63, 3.8) is 0 Å². The topological polar surface area (TPSA) is 15.7 Å². The second kappa shape index (κ2) is 11.8. The monoisotopic (exact) mass is 532 g/mol. The minimum Gasteiger partial charge on any atom is -0.497 e. The number of para-hydroxylation sites is 1. The largest absolute Gasteiger partial charge is 0.497 e. The zero-order valence-electron chi connectivity index (χ0n) is 23.3. The van der Waals surface area contributed by atoms with E-state index in [0.717, 1.165) is 34.2 Å². The second-order valence-electron chi connectivity index (χ2n) is 9.93. The van der Waals surface area contributed by atoms with Crippen LogP contribution >= 0.6 is 0 Å². The number of hydrogen-bond acceptors (Lipinski definition) is 3. The van der Waals surface area contributed by atoms with Gasteiger partial charge in [0.15, 0.2) is 0 Å². The van der Waals surface area contributed by atoms with Crippen LogP contribution in [0.15, 0.2) is 158 Å². The predicted octanol–water partition coefficient (Wildman–Crippen LogP) is 10.3. The molecule has 0 atom stereocenters. The number of nitrogens with zero attached hydrogens (tertiary/aromatic N) is 2. The summed E-state index contributed by atoms with van der Waals surface area (Å²) in [5.74, 6) is 0.857. The zero-order chi connectivity index (χ0) is 28.0. The molecule has 0 aromatic heterocycles. The van der Waals surface area contributed by atoms with Crippen LogP contribution < -0.4 is 14.5 Å². The van der Waals surface area contributed by atoms with Gasteiger partial charge in [-0.2, -0.15) is 0 Å². The third kappa shape index (κ3) is 5.70. The number of benzene rings is 6. The predicted molar refractivity (Wildman–Crippen MR) is 173 cm³/mol. The van der Waals surface area contributed by atoms with E-state index in [0.29, 0.717) is 0 Å². The van der Waals surface area contributed by atoms with Crippen molar-refractivity contribution in [3.05, 3.63) is 158 Å². The van der Waals surface area contributed by atoms with Gasteiger partial charge in [0, 0.05) is 35.5 Å². The molecule has 0 aliphatic heterocycles. The standard InChI is InChI=1S/C38H32N2O/c1-39(34-25-27-38(41-2)28-26-34)33-19-13-31(14-20-33)32-17-23-37(24-18-32)40(35-11-7-4-8-12-35)36-21-15-30(16-22-36)29-9-5-3-6-10-29/h3-28H,1-2H3. The van der Waals surface area contributed by atoms with E-state index in [4.69, 9.17) is 4.74 Å². The molecule has 0 aliphatic carbocycles. The first-order valence-corrected chi connectivity index (χ1v) is 13.8. The van der Waals surface area contributed by atoms with E-state index in [-0.39, 0.29) is 0 Å². The summed E-state index contributed by atoms with van der Waals surface area (Å²) in [6.45, 7) is 0. The van der Waals surface area contributed by atoms with Gasteiger partial charge >= 0.3 is 0 Å². The van der Waals surface area contributed by atoms with Crippen LogP contribution in [0.1, 0.15) is 0 Å². The van der Waals surface area contributed by atoms with Crippen molar-refractivity contribution in [2.24, 2.45) is 0 Å². The van der Waals surface area contributed by atoms with Gasteiger partial charge in [-0.1, -0.05) is 84.9 Å². The summed E-state index contributed by atoms with van der Waals surface area (Å²) in [5.41, 5.74) is 10.4. The Kier molecular flexibility index (Phi) is 7.51. The Morgan fingerprint density at radius 3 is 1.15 bits per heavy atom. The average molecular weight is 533 g/mol. The highest BCUT2D eigenvalue weighted by atomic mass is 16.5. The molecule has 0 amide bonds. The number of methoxy groups -OCH3 is 1. The van der Waals surface area contributed by atoms with Crippen LogP contribution in [0.3, 0.4) is 0 Å². The Morgan fingerprint density at radius 1 is 0.366 bits per heavy atom. The van der Waals surface area contributed by atoms with Crippen LogP contribution in [0, 0.1) is 0 Å². The van der Waals surface area contributed by atoms with Crippen molar-refractivity contribution >= 4 is 28.4 Å².